The molecule has 106 valence electrons. The molecule has 1 unspecified atom stereocenters. The molecular weight excluding hydrogens is 232 g/mol. The van der Waals surface area contributed by atoms with Crippen molar-refractivity contribution in [1.29, 1.82) is 0 Å². The molecule has 0 aliphatic heterocycles. The first-order chi connectivity index (χ1) is 8.51. The van der Waals surface area contributed by atoms with Crippen molar-refractivity contribution >= 4 is 11.8 Å². The lowest BCUT2D eigenvalue weighted by Crippen LogP contribution is -2.34. The fourth-order valence-corrected chi connectivity index (χ4v) is 1.80. The molecule has 0 rings (SSSR count). The number of carbonyl (C=O) groups is 2. The molecule has 0 fully saturated rings. The quantitative estimate of drug-likeness (QED) is 0.232. The van der Waals surface area contributed by atoms with Gasteiger partial charge in [0.25, 0.3) is 0 Å². The van der Waals surface area contributed by atoms with Gasteiger partial charge in [-0.3, -0.25) is 15.0 Å². The van der Waals surface area contributed by atoms with Gasteiger partial charge in [0.2, 0.25) is 11.8 Å². The van der Waals surface area contributed by atoms with Crippen LogP contribution in [0.1, 0.15) is 32.6 Å². The molecule has 0 aromatic carbocycles. The summed E-state index contributed by atoms with van der Waals surface area (Å²) in [5.41, 5.74) is 2.12. The van der Waals surface area contributed by atoms with E-state index in [2.05, 4.69) is 15.6 Å². The highest BCUT2D eigenvalue weighted by Crippen LogP contribution is 2.03. The summed E-state index contributed by atoms with van der Waals surface area (Å²) >= 11 is 0. The van der Waals surface area contributed by atoms with Crippen LogP contribution in [0.3, 0.4) is 0 Å². The smallest absolute Gasteiger partial charge is 0.233 e. The van der Waals surface area contributed by atoms with E-state index < -0.39 is 0 Å². The second kappa shape index (κ2) is 9.85. The van der Waals surface area contributed by atoms with Gasteiger partial charge in [0.15, 0.2) is 0 Å². The number of hydrazine groups is 1. The molecule has 0 saturated heterocycles. The van der Waals surface area contributed by atoms with Crippen LogP contribution in [-0.2, 0) is 9.59 Å². The average molecular weight is 258 g/mol. The molecule has 18 heavy (non-hydrogen) atoms. The van der Waals surface area contributed by atoms with Crippen molar-refractivity contribution in [3.05, 3.63) is 0 Å². The maximum Gasteiger partial charge on any atom is 0.233 e. The standard InChI is InChI=1S/C12H26N4O2/c1-10(12(18)14-2)9-16(3)8-6-4-5-7-11(17)15-13/h10H,4-9,13H2,1-3H3,(H,14,18)(H,15,17). The Kier molecular flexibility index (Phi) is 9.22. The maximum absolute atomic E-state index is 11.3. The van der Waals surface area contributed by atoms with Crippen LogP contribution in [0.2, 0.25) is 0 Å². The molecule has 0 aromatic heterocycles. The summed E-state index contributed by atoms with van der Waals surface area (Å²) in [6.45, 7) is 3.61. The van der Waals surface area contributed by atoms with E-state index in [4.69, 9.17) is 5.84 Å². The Morgan fingerprint density at radius 1 is 1.28 bits per heavy atom. The summed E-state index contributed by atoms with van der Waals surface area (Å²) < 4.78 is 0. The van der Waals surface area contributed by atoms with Crippen molar-refractivity contribution in [1.82, 2.24) is 15.6 Å². The number of hydrogen-bond acceptors (Lipinski definition) is 4. The molecule has 0 spiro atoms. The Morgan fingerprint density at radius 2 is 1.94 bits per heavy atom. The van der Waals surface area contributed by atoms with Crippen molar-refractivity contribution < 1.29 is 9.59 Å². The Hall–Kier alpha value is -1.14. The van der Waals surface area contributed by atoms with Gasteiger partial charge < -0.3 is 10.2 Å². The highest BCUT2D eigenvalue weighted by atomic mass is 16.2. The number of rotatable bonds is 9. The van der Waals surface area contributed by atoms with Crippen molar-refractivity contribution in [2.45, 2.75) is 32.6 Å². The van der Waals surface area contributed by atoms with Gasteiger partial charge in [0.1, 0.15) is 0 Å². The fraction of sp³-hybridized carbons (Fsp3) is 0.833. The van der Waals surface area contributed by atoms with E-state index in [1.807, 2.05) is 14.0 Å². The minimum atomic E-state index is -0.114. The fourth-order valence-electron chi connectivity index (χ4n) is 1.80. The molecule has 0 saturated carbocycles. The maximum atomic E-state index is 11.3. The second-order valence-electron chi connectivity index (χ2n) is 4.66. The summed E-state index contributed by atoms with van der Waals surface area (Å²) in [6, 6.07) is 0. The van der Waals surface area contributed by atoms with E-state index in [9.17, 15) is 9.59 Å². The van der Waals surface area contributed by atoms with Crippen LogP contribution in [0.4, 0.5) is 0 Å². The van der Waals surface area contributed by atoms with Crippen LogP contribution in [0.15, 0.2) is 0 Å². The zero-order valence-corrected chi connectivity index (χ0v) is 11.7. The Labute approximate surface area is 109 Å². The highest BCUT2D eigenvalue weighted by molar-refractivity contribution is 5.78. The lowest BCUT2D eigenvalue weighted by molar-refractivity contribution is -0.124. The van der Waals surface area contributed by atoms with E-state index in [1.165, 1.54) is 0 Å². The molecule has 6 heteroatoms. The molecule has 1 atom stereocenters. The summed E-state index contributed by atoms with van der Waals surface area (Å²) in [5.74, 6) is 4.95. The molecule has 0 aliphatic carbocycles. The third kappa shape index (κ3) is 8.03. The summed E-state index contributed by atoms with van der Waals surface area (Å²) in [6.07, 6.45) is 3.34. The molecule has 0 radical (unpaired) electrons. The van der Waals surface area contributed by atoms with Gasteiger partial charge in [-0.15, -0.1) is 0 Å². The predicted octanol–water partition coefficient (Wildman–Crippen LogP) is -0.149. The van der Waals surface area contributed by atoms with Gasteiger partial charge in [0.05, 0.1) is 0 Å². The van der Waals surface area contributed by atoms with Crippen molar-refractivity contribution in [3.8, 4) is 0 Å². The van der Waals surface area contributed by atoms with Crippen LogP contribution in [0.5, 0.6) is 0 Å². The molecule has 0 bridgehead atoms. The van der Waals surface area contributed by atoms with Crippen molar-refractivity contribution in [3.63, 3.8) is 0 Å². The molecule has 6 nitrogen and oxygen atoms in total. The van der Waals surface area contributed by atoms with Gasteiger partial charge >= 0.3 is 0 Å². The Bertz CT molecular complexity index is 258. The summed E-state index contributed by atoms with van der Waals surface area (Å²) in [5, 5.41) is 2.64. The molecule has 0 aromatic rings. The number of nitrogens with one attached hydrogen (secondary N) is 2. The van der Waals surface area contributed by atoms with Crippen LogP contribution in [0.25, 0.3) is 0 Å². The van der Waals surface area contributed by atoms with Gasteiger partial charge in [-0.05, 0) is 26.4 Å². The highest BCUT2D eigenvalue weighted by Gasteiger charge is 2.12. The predicted molar refractivity (Wildman–Crippen MR) is 71.5 cm³/mol. The van der Waals surface area contributed by atoms with Crippen molar-refractivity contribution in [2.75, 3.05) is 27.2 Å². The van der Waals surface area contributed by atoms with Gasteiger partial charge in [-0.25, -0.2) is 5.84 Å². The number of nitrogens with two attached hydrogens (primary N) is 1. The topological polar surface area (TPSA) is 87.5 Å². The molecule has 4 N–H and O–H groups in total. The Balaban J connectivity index is 3.56. The largest absolute Gasteiger partial charge is 0.359 e. The normalized spacial score (nSPS) is 12.3. The third-order valence-electron chi connectivity index (χ3n) is 2.88. The first-order valence-electron chi connectivity index (χ1n) is 6.40. The average Bonchev–Trinajstić information content (AvgIpc) is 2.36. The monoisotopic (exact) mass is 258 g/mol. The first-order valence-corrected chi connectivity index (χ1v) is 6.40. The number of hydrogen-bond donors (Lipinski definition) is 3. The van der Waals surface area contributed by atoms with Gasteiger partial charge in [-0.2, -0.15) is 0 Å². The van der Waals surface area contributed by atoms with Crippen molar-refractivity contribution in [2.24, 2.45) is 11.8 Å². The van der Waals surface area contributed by atoms with E-state index in [-0.39, 0.29) is 17.7 Å². The van der Waals surface area contributed by atoms with E-state index in [1.54, 1.807) is 7.05 Å². The third-order valence-corrected chi connectivity index (χ3v) is 2.88. The number of amides is 2. The summed E-state index contributed by atoms with van der Waals surface area (Å²) in [4.78, 5) is 24.4. The molecule has 0 aliphatic rings. The minimum Gasteiger partial charge on any atom is -0.359 e. The van der Waals surface area contributed by atoms with E-state index >= 15 is 0 Å². The van der Waals surface area contributed by atoms with Gasteiger partial charge in [-0.1, -0.05) is 13.3 Å². The molecular formula is C12H26N4O2. The lowest BCUT2D eigenvalue weighted by Gasteiger charge is -2.20. The van der Waals surface area contributed by atoms with Crippen LogP contribution >= 0.6 is 0 Å². The van der Waals surface area contributed by atoms with Gasteiger partial charge in [0, 0.05) is 25.9 Å². The van der Waals surface area contributed by atoms with E-state index in [0.29, 0.717) is 6.42 Å². The van der Waals surface area contributed by atoms with Crippen LogP contribution in [-0.4, -0.2) is 43.9 Å². The first kappa shape index (κ1) is 16.9. The Morgan fingerprint density at radius 3 is 2.50 bits per heavy atom. The van der Waals surface area contributed by atoms with Crippen LogP contribution < -0.4 is 16.6 Å². The molecule has 0 heterocycles. The minimum absolute atomic E-state index is 0.00279. The number of nitrogens with zero attached hydrogens (tertiary/aromatic N) is 1. The molecule has 2 amide bonds. The lowest BCUT2D eigenvalue weighted by atomic mass is 10.1. The second-order valence-corrected chi connectivity index (χ2v) is 4.66. The number of unbranched alkanes of at least 4 members (excludes halogenated alkanes) is 2. The SMILES string of the molecule is CNC(=O)C(C)CN(C)CCCCCC(=O)NN. The summed E-state index contributed by atoms with van der Waals surface area (Å²) in [7, 11) is 3.66. The zero-order chi connectivity index (χ0) is 14.0. The number of carbonyl (C=O) groups excluding carboxylic acids is 2. The van der Waals surface area contributed by atoms with E-state index in [0.717, 1.165) is 32.4 Å². The van der Waals surface area contributed by atoms with Crippen LogP contribution in [0, 0.1) is 5.92 Å². The zero-order valence-electron chi connectivity index (χ0n) is 11.7.